The number of H-pyrrole nitrogens is 1. The Hall–Kier alpha value is -2.60. The van der Waals surface area contributed by atoms with Gasteiger partial charge in [0.05, 0.1) is 17.5 Å². The number of hydrogen-bond acceptors (Lipinski definition) is 4. The van der Waals surface area contributed by atoms with Crippen LogP contribution in [0.4, 0.5) is 4.39 Å². The molecule has 0 saturated carbocycles. The van der Waals surface area contributed by atoms with Gasteiger partial charge in [-0.25, -0.2) is 4.39 Å². The summed E-state index contributed by atoms with van der Waals surface area (Å²) in [5.41, 5.74) is 7.24. The summed E-state index contributed by atoms with van der Waals surface area (Å²) in [6, 6.07) is 1.18. The first-order chi connectivity index (χ1) is 10.1. The van der Waals surface area contributed by atoms with Crippen LogP contribution in [-0.4, -0.2) is 28.1 Å². The number of hydrogen-bond donors (Lipinski definition) is 2. The second kappa shape index (κ2) is 5.06. The predicted octanol–water partition coefficient (Wildman–Crippen LogP) is 1.51. The topological polar surface area (TPSA) is 88.8 Å². The van der Waals surface area contributed by atoms with Gasteiger partial charge in [-0.15, -0.1) is 0 Å². The Morgan fingerprint density at radius 3 is 2.81 bits per heavy atom. The van der Waals surface area contributed by atoms with Crippen LogP contribution in [0, 0.1) is 5.82 Å². The van der Waals surface area contributed by atoms with Crippen molar-refractivity contribution in [2.75, 3.05) is 6.54 Å². The Kier molecular flexibility index (Phi) is 3.23. The number of fused-ring (bicyclic) bond motifs is 1. The van der Waals surface area contributed by atoms with E-state index in [1.54, 1.807) is 6.20 Å². The summed E-state index contributed by atoms with van der Waals surface area (Å²) in [7, 11) is 0. The second-order valence-electron chi connectivity index (χ2n) is 4.75. The quantitative estimate of drug-likeness (QED) is 0.894. The first kappa shape index (κ1) is 13.4. The van der Waals surface area contributed by atoms with E-state index in [1.165, 1.54) is 18.3 Å². The van der Waals surface area contributed by atoms with Crippen molar-refractivity contribution in [3.05, 3.63) is 58.9 Å². The summed E-state index contributed by atoms with van der Waals surface area (Å²) in [5.74, 6) is -1.19. The predicted molar refractivity (Wildman–Crippen MR) is 74.4 cm³/mol. The Morgan fingerprint density at radius 2 is 2.10 bits per heavy atom. The highest BCUT2D eigenvalue weighted by molar-refractivity contribution is 6.38. The third-order valence-electron chi connectivity index (χ3n) is 3.38. The average Bonchev–Trinajstić information content (AvgIpc) is 2.88. The molecule has 0 unspecified atom stereocenters. The monoisotopic (exact) mass is 285 g/mol. The largest absolute Gasteiger partial charge is 0.358 e. The molecule has 21 heavy (non-hydrogen) atoms. The van der Waals surface area contributed by atoms with Gasteiger partial charge in [-0.2, -0.15) is 0 Å². The van der Waals surface area contributed by atoms with Crippen molar-refractivity contribution in [1.82, 2.24) is 9.97 Å². The highest BCUT2D eigenvalue weighted by atomic mass is 19.1. The number of aromatic nitrogens is 2. The molecule has 106 valence electrons. The molecule has 0 atom stereocenters. The molecule has 1 aliphatic rings. The SMILES string of the molecule is NCCc1c[nH]c2c1C(=O)C(c1cncc(F)c1)=CC2=O. The van der Waals surface area contributed by atoms with Crippen molar-refractivity contribution in [3.63, 3.8) is 0 Å². The summed E-state index contributed by atoms with van der Waals surface area (Å²) in [4.78, 5) is 31.2. The number of ketones is 2. The van der Waals surface area contributed by atoms with Gasteiger partial charge in [-0.05, 0) is 30.7 Å². The molecule has 2 aromatic rings. The smallest absolute Gasteiger partial charge is 0.203 e. The summed E-state index contributed by atoms with van der Waals surface area (Å²) in [6.45, 7) is 0.367. The van der Waals surface area contributed by atoms with E-state index < -0.39 is 5.82 Å². The maximum Gasteiger partial charge on any atom is 0.203 e. The number of aromatic amines is 1. The Bertz CT molecular complexity index is 777. The van der Waals surface area contributed by atoms with Crippen molar-refractivity contribution in [3.8, 4) is 0 Å². The molecular formula is C15H12FN3O2. The maximum absolute atomic E-state index is 13.3. The van der Waals surface area contributed by atoms with Crippen LogP contribution in [-0.2, 0) is 6.42 Å². The minimum atomic E-state index is -0.560. The molecule has 3 rings (SSSR count). The molecule has 0 bridgehead atoms. The molecule has 2 aromatic heterocycles. The summed E-state index contributed by atoms with van der Waals surface area (Å²) in [6.07, 6.45) is 5.72. The molecule has 0 spiro atoms. The molecule has 0 aliphatic heterocycles. The fourth-order valence-electron chi connectivity index (χ4n) is 2.45. The van der Waals surface area contributed by atoms with E-state index in [9.17, 15) is 14.0 Å². The van der Waals surface area contributed by atoms with Gasteiger partial charge in [0.2, 0.25) is 5.78 Å². The Labute approximate surface area is 119 Å². The summed E-state index contributed by atoms with van der Waals surface area (Å²) in [5, 5.41) is 0. The van der Waals surface area contributed by atoms with Crippen molar-refractivity contribution in [2.24, 2.45) is 5.73 Å². The minimum absolute atomic E-state index is 0.150. The van der Waals surface area contributed by atoms with E-state index in [4.69, 9.17) is 5.73 Å². The van der Waals surface area contributed by atoms with E-state index in [0.717, 1.165) is 6.20 Å². The molecule has 0 amide bonds. The molecule has 2 heterocycles. The molecule has 0 fully saturated rings. The number of pyridine rings is 1. The van der Waals surface area contributed by atoms with Gasteiger partial charge >= 0.3 is 0 Å². The number of nitrogens with zero attached hydrogens (tertiary/aromatic N) is 1. The lowest BCUT2D eigenvalue weighted by Crippen LogP contribution is -2.17. The Balaban J connectivity index is 2.11. The summed E-state index contributed by atoms with van der Waals surface area (Å²) >= 11 is 0. The highest BCUT2D eigenvalue weighted by Crippen LogP contribution is 2.29. The van der Waals surface area contributed by atoms with E-state index in [1.807, 2.05) is 0 Å². The molecule has 0 radical (unpaired) electrons. The zero-order valence-electron chi connectivity index (χ0n) is 11.0. The van der Waals surface area contributed by atoms with Crippen LogP contribution in [0.2, 0.25) is 0 Å². The van der Waals surface area contributed by atoms with Crippen LogP contribution in [0.25, 0.3) is 5.57 Å². The van der Waals surface area contributed by atoms with Gasteiger partial charge in [0.15, 0.2) is 5.78 Å². The molecule has 3 N–H and O–H groups in total. The van der Waals surface area contributed by atoms with Gasteiger partial charge in [-0.3, -0.25) is 14.6 Å². The van der Waals surface area contributed by atoms with Gasteiger partial charge in [0.1, 0.15) is 5.82 Å². The third kappa shape index (κ3) is 2.19. The normalized spacial score (nSPS) is 14.1. The van der Waals surface area contributed by atoms with Crippen LogP contribution in [0.15, 0.2) is 30.7 Å². The fourth-order valence-corrected chi connectivity index (χ4v) is 2.45. The molecule has 0 aromatic carbocycles. The number of allylic oxidation sites excluding steroid dienone is 2. The number of rotatable bonds is 3. The number of nitrogens with one attached hydrogen (secondary N) is 1. The first-order valence-corrected chi connectivity index (χ1v) is 6.43. The molecule has 1 aliphatic carbocycles. The van der Waals surface area contributed by atoms with Crippen molar-refractivity contribution in [2.45, 2.75) is 6.42 Å². The number of carbonyl (C=O) groups is 2. The molecule has 5 nitrogen and oxygen atoms in total. The van der Waals surface area contributed by atoms with Crippen LogP contribution in [0.1, 0.15) is 32.0 Å². The van der Waals surface area contributed by atoms with Gasteiger partial charge < -0.3 is 10.7 Å². The molecule has 0 saturated heterocycles. The average molecular weight is 285 g/mol. The lowest BCUT2D eigenvalue weighted by Gasteiger charge is -2.13. The number of carbonyl (C=O) groups excluding carboxylic acids is 2. The van der Waals surface area contributed by atoms with E-state index in [-0.39, 0.29) is 22.8 Å². The lowest BCUT2D eigenvalue weighted by molar-refractivity contribution is 0.0998. The van der Waals surface area contributed by atoms with Crippen LogP contribution in [0.5, 0.6) is 0 Å². The highest BCUT2D eigenvalue weighted by Gasteiger charge is 2.30. The number of nitrogens with two attached hydrogens (primary N) is 1. The van der Waals surface area contributed by atoms with Crippen LogP contribution in [0.3, 0.4) is 0 Å². The first-order valence-electron chi connectivity index (χ1n) is 6.43. The van der Waals surface area contributed by atoms with Crippen molar-refractivity contribution >= 4 is 17.1 Å². The Morgan fingerprint density at radius 1 is 1.29 bits per heavy atom. The lowest BCUT2D eigenvalue weighted by atomic mass is 9.88. The minimum Gasteiger partial charge on any atom is -0.358 e. The van der Waals surface area contributed by atoms with E-state index in [0.29, 0.717) is 29.7 Å². The van der Waals surface area contributed by atoms with Gasteiger partial charge in [0, 0.05) is 23.5 Å². The summed E-state index contributed by atoms with van der Waals surface area (Å²) < 4.78 is 13.3. The fraction of sp³-hybridized carbons (Fsp3) is 0.133. The number of halogens is 1. The van der Waals surface area contributed by atoms with Crippen molar-refractivity contribution in [1.29, 1.82) is 0 Å². The zero-order chi connectivity index (χ0) is 15.0. The van der Waals surface area contributed by atoms with Crippen LogP contribution < -0.4 is 5.73 Å². The molecule has 6 heteroatoms. The molecular weight excluding hydrogens is 273 g/mol. The number of Topliss-reactive ketones (excluding diaryl/α,β-unsaturated/α-hetero) is 1. The van der Waals surface area contributed by atoms with E-state index >= 15 is 0 Å². The van der Waals surface area contributed by atoms with E-state index in [2.05, 4.69) is 9.97 Å². The van der Waals surface area contributed by atoms with Gasteiger partial charge in [-0.1, -0.05) is 0 Å². The van der Waals surface area contributed by atoms with Crippen molar-refractivity contribution < 1.29 is 14.0 Å². The van der Waals surface area contributed by atoms with Gasteiger partial charge in [0.25, 0.3) is 0 Å². The van der Waals surface area contributed by atoms with Crippen LogP contribution >= 0.6 is 0 Å². The standard InChI is InChI=1S/C15H12FN3O2/c16-10-3-9(5-18-7-10)11-4-12(20)14-13(15(11)21)8(1-2-17)6-19-14/h3-7,19H,1-2,17H2. The second-order valence-corrected chi connectivity index (χ2v) is 4.75. The third-order valence-corrected chi connectivity index (χ3v) is 3.38. The maximum atomic E-state index is 13.3. The zero-order valence-corrected chi connectivity index (χ0v) is 11.0.